The van der Waals surface area contributed by atoms with Crippen molar-refractivity contribution in [3.63, 3.8) is 0 Å². The van der Waals surface area contributed by atoms with Crippen molar-refractivity contribution >= 4 is 11.9 Å². The summed E-state index contributed by atoms with van der Waals surface area (Å²) in [7, 11) is 1.72. The van der Waals surface area contributed by atoms with Gasteiger partial charge >= 0.3 is 12.1 Å². The summed E-state index contributed by atoms with van der Waals surface area (Å²) in [5, 5.41) is 10.1. The fourth-order valence-electron chi connectivity index (χ4n) is 3.56. The summed E-state index contributed by atoms with van der Waals surface area (Å²) in [6.45, 7) is 5.86. The maximum atomic E-state index is 11.8. The molecule has 1 aromatic rings. The largest absolute Gasteiger partial charge is 0.496 e. The molecule has 0 saturated carbocycles. The van der Waals surface area contributed by atoms with E-state index >= 15 is 0 Å². The van der Waals surface area contributed by atoms with Gasteiger partial charge in [0.05, 0.1) is 7.11 Å². The van der Waals surface area contributed by atoms with Gasteiger partial charge in [-0.2, -0.15) is 13.2 Å². The number of fused-ring (bicyclic) bond motifs is 1. The van der Waals surface area contributed by atoms with E-state index in [0.29, 0.717) is 11.8 Å². The number of hydrogen-bond donors (Lipinski definition) is 2. The number of carbonyl (C=O) groups is 2. The van der Waals surface area contributed by atoms with Crippen LogP contribution in [0.2, 0.25) is 0 Å². The van der Waals surface area contributed by atoms with Crippen molar-refractivity contribution in [2.75, 3.05) is 26.7 Å². The van der Waals surface area contributed by atoms with E-state index in [0.717, 1.165) is 31.9 Å². The van der Waals surface area contributed by atoms with Crippen LogP contribution >= 0.6 is 0 Å². The van der Waals surface area contributed by atoms with Gasteiger partial charge in [-0.05, 0) is 17.9 Å². The van der Waals surface area contributed by atoms with E-state index in [1.807, 2.05) is 12.1 Å². The molecule has 1 aromatic carbocycles. The lowest BCUT2D eigenvalue weighted by Crippen LogP contribution is -2.46. The maximum absolute atomic E-state index is 11.8. The van der Waals surface area contributed by atoms with Crippen molar-refractivity contribution in [1.29, 1.82) is 0 Å². The van der Waals surface area contributed by atoms with Crippen LogP contribution in [-0.2, 0) is 16.1 Å². The molecule has 0 unspecified atom stereocenters. The van der Waals surface area contributed by atoms with Crippen LogP contribution in [0.5, 0.6) is 5.75 Å². The van der Waals surface area contributed by atoms with Crippen molar-refractivity contribution in [1.82, 2.24) is 10.2 Å². The minimum Gasteiger partial charge on any atom is -0.496 e. The summed E-state index contributed by atoms with van der Waals surface area (Å²) < 4.78 is 37.2. The van der Waals surface area contributed by atoms with Crippen LogP contribution in [-0.4, -0.2) is 54.8 Å². The second kappa shape index (κ2) is 8.60. The number of benzene rings is 1. The SMILES string of the molecule is COc1ccccc1CN1C[C@@H]2CNC(=O)[C@@H](C)[C@@H]2C1.O=C(O)C(F)(F)F. The summed E-state index contributed by atoms with van der Waals surface area (Å²) in [4.78, 5) is 23.1. The van der Waals surface area contributed by atoms with Crippen LogP contribution in [0, 0.1) is 17.8 Å². The van der Waals surface area contributed by atoms with E-state index < -0.39 is 12.1 Å². The van der Waals surface area contributed by atoms with Crippen molar-refractivity contribution < 1.29 is 32.6 Å². The molecule has 0 bridgehead atoms. The zero-order chi connectivity index (χ0) is 20.2. The molecule has 0 radical (unpaired) electrons. The molecule has 2 saturated heterocycles. The Balaban J connectivity index is 0.000000321. The van der Waals surface area contributed by atoms with E-state index in [1.54, 1.807) is 7.11 Å². The summed E-state index contributed by atoms with van der Waals surface area (Å²) in [5.41, 5.74) is 1.22. The quantitative estimate of drug-likeness (QED) is 0.830. The van der Waals surface area contributed by atoms with Crippen LogP contribution < -0.4 is 10.1 Å². The maximum Gasteiger partial charge on any atom is 0.490 e. The topological polar surface area (TPSA) is 78.9 Å². The number of carboxylic acids is 1. The van der Waals surface area contributed by atoms with Gasteiger partial charge in [-0.25, -0.2) is 4.79 Å². The molecule has 2 fully saturated rings. The molecule has 3 rings (SSSR count). The zero-order valence-electron chi connectivity index (χ0n) is 15.1. The number of halogens is 3. The fourth-order valence-corrected chi connectivity index (χ4v) is 3.56. The van der Waals surface area contributed by atoms with Crippen LogP contribution in [0.25, 0.3) is 0 Å². The highest BCUT2D eigenvalue weighted by molar-refractivity contribution is 5.79. The van der Waals surface area contributed by atoms with Crippen LogP contribution in [0.1, 0.15) is 12.5 Å². The highest BCUT2D eigenvalue weighted by Gasteiger charge is 2.42. The number of aliphatic carboxylic acids is 1. The molecule has 3 atom stereocenters. The predicted octanol–water partition coefficient (Wildman–Crippen LogP) is 2.14. The number of carboxylic acid groups (broad SMARTS) is 1. The minimum absolute atomic E-state index is 0.136. The van der Waals surface area contributed by atoms with E-state index in [4.69, 9.17) is 14.6 Å². The number of likely N-dealkylation sites (tertiary alicyclic amines) is 1. The van der Waals surface area contributed by atoms with Crippen LogP contribution in [0.15, 0.2) is 24.3 Å². The molecule has 0 aliphatic carbocycles. The Kier molecular flexibility index (Phi) is 6.69. The monoisotopic (exact) mass is 388 g/mol. The molecule has 6 nitrogen and oxygen atoms in total. The number of nitrogens with one attached hydrogen (secondary N) is 1. The van der Waals surface area contributed by atoms with E-state index in [2.05, 4.69) is 29.3 Å². The number of rotatable bonds is 3. The first-order valence-electron chi connectivity index (χ1n) is 8.55. The first kappa shape index (κ1) is 21.0. The van der Waals surface area contributed by atoms with Gasteiger partial charge in [0.2, 0.25) is 5.91 Å². The van der Waals surface area contributed by atoms with E-state index in [9.17, 15) is 18.0 Å². The number of hydrogen-bond acceptors (Lipinski definition) is 4. The van der Waals surface area contributed by atoms with Gasteiger partial charge in [-0.15, -0.1) is 0 Å². The Hall–Kier alpha value is -2.29. The Bertz CT molecular complexity index is 681. The number of carbonyl (C=O) groups excluding carboxylic acids is 1. The predicted molar refractivity (Wildman–Crippen MR) is 91.1 cm³/mol. The van der Waals surface area contributed by atoms with Gasteiger partial charge in [0.15, 0.2) is 0 Å². The second-order valence-corrected chi connectivity index (χ2v) is 6.77. The molecule has 2 aliphatic rings. The summed E-state index contributed by atoms with van der Waals surface area (Å²) >= 11 is 0. The van der Waals surface area contributed by atoms with Crippen LogP contribution in [0.3, 0.4) is 0 Å². The molecular formula is C18H23F3N2O4. The molecule has 2 N–H and O–H groups in total. The van der Waals surface area contributed by atoms with Crippen molar-refractivity contribution in [3.05, 3.63) is 29.8 Å². The first-order valence-corrected chi connectivity index (χ1v) is 8.55. The average molecular weight is 388 g/mol. The molecule has 2 aliphatic heterocycles. The highest BCUT2D eigenvalue weighted by atomic mass is 19.4. The Labute approximate surface area is 155 Å². The second-order valence-electron chi connectivity index (χ2n) is 6.77. The minimum atomic E-state index is -5.08. The van der Waals surface area contributed by atoms with Gasteiger partial charge in [0, 0.05) is 37.7 Å². The summed E-state index contributed by atoms with van der Waals surface area (Å²) in [6.07, 6.45) is -5.08. The number of para-hydroxylation sites is 1. The molecule has 0 spiro atoms. The molecule has 1 amide bonds. The third-order valence-electron chi connectivity index (χ3n) is 4.99. The molecule has 27 heavy (non-hydrogen) atoms. The van der Waals surface area contributed by atoms with Gasteiger partial charge in [0.1, 0.15) is 5.75 Å². The smallest absolute Gasteiger partial charge is 0.490 e. The first-order chi connectivity index (χ1) is 12.6. The highest BCUT2D eigenvalue weighted by Crippen LogP contribution is 2.34. The van der Waals surface area contributed by atoms with Crippen molar-refractivity contribution in [2.45, 2.75) is 19.6 Å². The number of ether oxygens (including phenoxy) is 1. The Morgan fingerprint density at radius 1 is 1.33 bits per heavy atom. The number of piperidine rings is 1. The number of amides is 1. The van der Waals surface area contributed by atoms with Gasteiger partial charge in [0.25, 0.3) is 0 Å². The normalized spacial score (nSPS) is 25.1. The van der Waals surface area contributed by atoms with Gasteiger partial charge < -0.3 is 15.2 Å². The van der Waals surface area contributed by atoms with Crippen molar-refractivity contribution in [2.24, 2.45) is 17.8 Å². The average Bonchev–Trinajstić information content (AvgIpc) is 3.02. The van der Waals surface area contributed by atoms with Gasteiger partial charge in [-0.3, -0.25) is 9.69 Å². The number of nitrogens with zero attached hydrogens (tertiary/aromatic N) is 1. The van der Waals surface area contributed by atoms with Gasteiger partial charge in [-0.1, -0.05) is 25.1 Å². The van der Waals surface area contributed by atoms with E-state index in [1.165, 1.54) is 5.56 Å². The summed E-state index contributed by atoms with van der Waals surface area (Å²) in [6, 6.07) is 8.17. The number of alkyl halides is 3. The standard InChI is InChI=1S/C16H22N2O2.C2HF3O2/c1-11-14-10-18(9-13(14)7-17-16(11)19)8-12-5-3-4-6-15(12)20-2;3-2(4,5)1(6)7/h3-6,11,13-14H,7-10H2,1-2H3,(H,17,19);(H,6,7)/t11-,13-,14-;/m0./s1. The molecule has 150 valence electrons. The number of methoxy groups -OCH3 is 1. The fraction of sp³-hybridized carbons (Fsp3) is 0.556. The molecule has 0 aromatic heterocycles. The molecule has 9 heteroatoms. The van der Waals surface area contributed by atoms with Crippen LogP contribution in [0.4, 0.5) is 13.2 Å². The lowest BCUT2D eigenvalue weighted by Gasteiger charge is -2.30. The molecular weight excluding hydrogens is 365 g/mol. The molecule has 2 heterocycles. The lowest BCUT2D eigenvalue weighted by atomic mass is 9.81. The summed E-state index contributed by atoms with van der Waals surface area (Å²) in [5.74, 6) is -0.366. The van der Waals surface area contributed by atoms with E-state index in [-0.39, 0.29) is 11.8 Å². The van der Waals surface area contributed by atoms with Crippen molar-refractivity contribution in [3.8, 4) is 5.75 Å². The lowest BCUT2D eigenvalue weighted by molar-refractivity contribution is -0.192. The zero-order valence-corrected chi connectivity index (χ0v) is 15.1. The third-order valence-corrected chi connectivity index (χ3v) is 4.99. The Morgan fingerprint density at radius 2 is 1.96 bits per heavy atom. The third kappa shape index (κ3) is 5.35. The Morgan fingerprint density at radius 3 is 2.56 bits per heavy atom.